The number of carboxylic acids is 1. The topological polar surface area (TPSA) is 62.5 Å². The van der Waals surface area contributed by atoms with Crippen LogP contribution in [0.5, 0.6) is 0 Å². The second kappa shape index (κ2) is 7.31. The molecule has 2 rings (SSSR count). The second-order valence-corrected chi connectivity index (χ2v) is 6.16. The SMILES string of the molecule is CC=Nc1nc(CCc2csc(CCC(=O)O)c2)cs1. The van der Waals surface area contributed by atoms with Crippen LogP contribution < -0.4 is 0 Å². The monoisotopic (exact) mass is 308 g/mol. The van der Waals surface area contributed by atoms with Crippen molar-refractivity contribution in [1.82, 2.24) is 4.98 Å². The summed E-state index contributed by atoms with van der Waals surface area (Å²) in [6, 6.07) is 2.10. The molecule has 0 aromatic carbocycles. The van der Waals surface area contributed by atoms with Crippen molar-refractivity contribution in [2.45, 2.75) is 32.6 Å². The summed E-state index contributed by atoms with van der Waals surface area (Å²) in [5.41, 5.74) is 2.32. The Bertz CT molecular complexity index is 602. The van der Waals surface area contributed by atoms with Crippen LogP contribution in [0.25, 0.3) is 0 Å². The Morgan fingerprint density at radius 2 is 2.20 bits per heavy atom. The number of hydrogen-bond donors (Lipinski definition) is 1. The molecule has 0 spiro atoms. The highest BCUT2D eigenvalue weighted by molar-refractivity contribution is 7.13. The fourth-order valence-corrected chi connectivity index (χ4v) is 3.45. The van der Waals surface area contributed by atoms with Gasteiger partial charge in [-0.15, -0.1) is 22.7 Å². The Kier molecular flexibility index (Phi) is 5.43. The molecule has 20 heavy (non-hydrogen) atoms. The Labute approximate surface area is 125 Å². The summed E-state index contributed by atoms with van der Waals surface area (Å²) in [4.78, 5) is 20.3. The number of hydrogen-bond acceptors (Lipinski definition) is 5. The molecular weight excluding hydrogens is 292 g/mol. The average Bonchev–Trinajstić information content (AvgIpc) is 3.03. The molecule has 2 aromatic heterocycles. The highest BCUT2D eigenvalue weighted by atomic mass is 32.1. The van der Waals surface area contributed by atoms with E-state index >= 15 is 0 Å². The maximum absolute atomic E-state index is 10.5. The fourth-order valence-electron chi connectivity index (χ4n) is 1.77. The molecule has 2 aromatic rings. The van der Waals surface area contributed by atoms with E-state index in [0.29, 0.717) is 6.42 Å². The van der Waals surface area contributed by atoms with E-state index < -0.39 is 5.97 Å². The summed E-state index contributed by atoms with van der Waals surface area (Å²) in [5.74, 6) is -0.744. The largest absolute Gasteiger partial charge is 0.481 e. The zero-order valence-corrected chi connectivity index (χ0v) is 12.8. The van der Waals surface area contributed by atoms with Gasteiger partial charge in [0.2, 0.25) is 5.13 Å². The molecular formula is C14H16N2O2S2. The smallest absolute Gasteiger partial charge is 0.303 e. The molecule has 0 unspecified atom stereocenters. The van der Waals surface area contributed by atoms with Crippen molar-refractivity contribution in [3.05, 3.63) is 33.0 Å². The number of rotatable bonds is 7. The normalized spacial score (nSPS) is 11.2. The molecule has 2 heterocycles. The number of aromatic nitrogens is 1. The van der Waals surface area contributed by atoms with Crippen molar-refractivity contribution in [1.29, 1.82) is 0 Å². The van der Waals surface area contributed by atoms with E-state index in [2.05, 4.69) is 21.4 Å². The summed E-state index contributed by atoms with van der Waals surface area (Å²) in [7, 11) is 0. The minimum Gasteiger partial charge on any atom is -0.481 e. The number of nitrogens with zero attached hydrogens (tertiary/aromatic N) is 2. The van der Waals surface area contributed by atoms with E-state index in [-0.39, 0.29) is 6.42 Å². The Morgan fingerprint density at radius 3 is 2.95 bits per heavy atom. The van der Waals surface area contributed by atoms with Gasteiger partial charge in [0, 0.05) is 16.5 Å². The van der Waals surface area contributed by atoms with Gasteiger partial charge in [-0.1, -0.05) is 0 Å². The molecule has 6 heteroatoms. The molecule has 106 valence electrons. The number of carboxylic acid groups (broad SMARTS) is 1. The lowest BCUT2D eigenvalue weighted by Gasteiger charge is -1.94. The first-order valence-electron chi connectivity index (χ1n) is 6.38. The minimum atomic E-state index is -0.744. The lowest BCUT2D eigenvalue weighted by atomic mass is 10.1. The summed E-state index contributed by atoms with van der Waals surface area (Å²) >= 11 is 3.19. The van der Waals surface area contributed by atoms with Gasteiger partial charge in [-0.05, 0) is 43.2 Å². The molecule has 1 N–H and O–H groups in total. The fraction of sp³-hybridized carbons (Fsp3) is 0.357. The first-order chi connectivity index (χ1) is 9.67. The first kappa shape index (κ1) is 14.9. The van der Waals surface area contributed by atoms with Gasteiger partial charge in [0.05, 0.1) is 12.1 Å². The molecule has 0 fully saturated rings. The van der Waals surface area contributed by atoms with Crippen molar-refractivity contribution in [2.75, 3.05) is 0 Å². The van der Waals surface area contributed by atoms with Crippen molar-refractivity contribution >= 4 is 40.0 Å². The van der Waals surface area contributed by atoms with Gasteiger partial charge in [0.1, 0.15) is 0 Å². The standard InChI is InChI=1S/C14H16N2O2S2/c1-2-15-14-16-11(9-20-14)4-3-10-7-12(19-8-10)5-6-13(17)18/h2,7-9H,3-6H2,1H3,(H,17,18). The highest BCUT2D eigenvalue weighted by Gasteiger charge is 2.05. The lowest BCUT2D eigenvalue weighted by molar-refractivity contribution is -0.136. The quantitative estimate of drug-likeness (QED) is 0.793. The summed E-state index contributed by atoms with van der Waals surface area (Å²) in [6.07, 6.45) is 4.39. The van der Waals surface area contributed by atoms with Gasteiger partial charge in [-0.2, -0.15) is 0 Å². The van der Waals surface area contributed by atoms with Gasteiger partial charge >= 0.3 is 5.97 Å². The first-order valence-corrected chi connectivity index (χ1v) is 8.14. The van der Waals surface area contributed by atoms with Crippen molar-refractivity contribution in [2.24, 2.45) is 4.99 Å². The van der Waals surface area contributed by atoms with Crippen LogP contribution in [0.3, 0.4) is 0 Å². The second-order valence-electron chi connectivity index (χ2n) is 4.32. The van der Waals surface area contributed by atoms with Gasteiger partial charge in [0.15, 0.2) is 0 Å². The van der Waals surface area contributed by atoms with E-state index in [1.54, 1.807) is 28.9 Å². The molecule has 0 saturated heterocycles. The third-order valence-electron chi connectivity index (χ3n) is 2.74. The zero-order valence-electron chi connectivity index (χ0n) is 11.2. The van der Waals surface area contributed by atoms with E-state index in [9.17, 15) is 4.79 Å². The zero-order chi connectivity index (χ0) is 14.4. The third kappa shape index (κ3) is 4.54. The molecule has 0 radical (unpaired) electrons. The third-order valence-corrected chi connectivity index (χ3v) is 4.59. The van der Waals surface area contributed by atoms with Gasteiger partial charge in [-0.25, -0.2) is 9.98 Å². The number of thiophene rings is 1. The van der Waals surface area contributed by atoms with Crippen LogP contribution in [0.2, 0.25) is 0 Å². The number of carbonyl (C=O) groups is 1. The van der Waals surface area contributed by atoms with Crippen molar-refractivity contribution < 1.29 is 9.90 Å². The van der Waals surface area contributed by atoms with Gasteiger partial charge in [-0.3, -0.25) is 4.79 Å². The Morgan fingerprint density at radius 1 is 1.35 bits per heavy atom. The summed E-state index contributed by atoms with van der Waals surface area (Å²) in [6.45, 7) is 1.88. The molecule has 0 bridgehead atoms. The lowest BCUT2D eigenvalue weighted by Crippen LogP contribution is -1.95. The molecule has 0 saturated carbocycles. The number of aliphatic carboxylic acids is 1. The molecule has 0 aliphatic rings. The summed E-state index contributed by atoms with van der Waals surface area (Å²) in [5, 5.41) is 13.6. The van der Waals surface area contributed by atoms with Crippen LogP contribution in [0, 0.1) is 0 Å². The molecule has 4 nitrogen and oxygen atoms in total. The van der Waals surface area contributed by atoms with Crippen molar-refractivity contribution in [3.8, 4) is 0 Å². The van der Waals surface area contributed by atoms with Crippen LogP contribution in [0.1, 0.15) is 29.5 Å². The van der Waals surface area contributed by atoms with E-state index in [1.807, 2.05) is 12.3 Å². The highest BCUT2D eigenvalue weighted by Crippen LogP contribution is 2.21. The summed E-state index contributed by atoms with van der Waals surface area (Å²) < 4.78 is 0. The van der Waals surface area contributed by atoms with E-state index in [1.165, 1.54) is 5.56 Å². The molecule has 0 atom stereocenters. The van der Waals surface area contributed by atoms with E-state index in [4.69, 9.17) is 5.11 Å². The number of thiazole rings is 1. The van der Waals surface area contributed by atoms with Crippen LogP contribution in [0.15, 0.2) is 21.8 Å². The maximum Gasteiger partial charge on any atom is 0.303 e. The van der Waals surface area contributed by atoms with Crippen molar-refractivity contribution in [3.63, 3.8) is 0 Å². The van der Waals surface area contributed by atoms with Crippen LogP contribution in [-0.2, 0) is 24.1 Å². The van der Waals surface area contributed by atoms with Gasteiger partial charge in [0.25, 0.3) is 0 Å². The predicted molar refractivity (Wildman–Crippen MR) is 83.6 cm³/mol. The minimum absolute atomic E-state index is 0.199. The Balaban J connectivity index is 1.85. The van der Waals surface area contributed by atoms with Crippen LogP contribution in [0.4, 0.5) is 5.13 Å². The average molecular weight is 308 g/mol. The number of aryl methyl sites for hydroxylation is 3. The number of aliphatic imine (C=N–C) groups is 1. The molecule has 0 amide bonds. The van der Waals surface area contributed by atoms with Gasteiger partial charge < -0.3 is 5.11 Å². The van der Waals surface area contributed by atoms with E-state index in [0.717, 1.165) is 28.5 Å². The van der Waals surface area contributed by atoms with Crippen LogP contribution >= 0.6 is 22.7 Å². The van der Waals surface area contributed by atoms with Crippen LogP contribution in [-0.4, -0.2) is 22.3 Å². The molecule has 0 aliphatic heterocycles. The molecule has 0 aliphatic carbocycles. The predicted octanol–water partition coefficient (Wildman–Crippen LogP) is 3.73. The Hall–Kier alpha value is -1.53. The maximum atomic E-state index is 10.5.